The van der Waals surface area contributed by atoms with Gasteiger partial charge in [0.05, 0.1) is 4.21 Å². The summed E-state index contributed by atoms with van der Waals surface area (Å²) >= 11 is 3.91. The summed E-state index contributed by atoms with van der Waals surface area (Å²) in [6.07, 6.45) is 1.36. The number of rotatable bonds is 0. The van der Waals surface area contributed by atoms with Crippen molar-refractivity contribution in [1.82, 2.24) is 0 Å². The first-order chi connectivity index (χ1) is 4.88. The topological polar surface area (TPSA) is 0 Å². The molecule has 1 aliphatic rings. The van der Waals surface area contributed by atoms with Gasteiger partial charge in [-0.1, -0.05) is 6.92 Å². The van der Waals surface area contributed by atoms with Crippen molar-refractivity contribution in [3.05, 3.63) is 17.0 Å². The van der Waals surface area contributed by atoms with Gasteiger partial charge in [0.1, 0.15) is 0 Å². The maximum Gasteiger partial charge on any atom is 0.0633 e. The summed E-state index contributed by atoms with van der Waals surface area (Å²) in [5.74, 6) is 2.12. The van der Waals surface area contributed by atoms with Crippen LogP contribution < -0.4 is 0 Å². The largest absolute Gasteiger partial charge is 0.137 e. The van der Waals surface area contributed by atoms with Gasteiger partial charge in [0.15, 0.2) is 0 Å². The molecule has 0 saturated carbocycles. The van der Waals surface area contributed by atoms with Gasteiger partial charge >= 0.3 is 0 Å². The molecule has 1 aliphatic heterocycles. The minimum atomic E-state index is 0.808. The Balaban J connectivity index is 2.41. The average Bonchev–Trinajstić information content (AvgIpc) is 2.36. The van der Waals surface area contributed by atoms with Gasteiger partial charge in [0.25, 0.3) is 0 Å². The van der Waals surface area contributed by atoms with Crippen molar-refractivity contribution >= 4 is 23.1 Å². The predicted molar refractivity (Wildman–Crippen MR) is 48.1 cm³/mol. The van der Waals surface area contributed by atoms with Crippen LogP contribution in [0.15, 0.2) is 15.7 Å². The van der Waals surface area contributed by atoms with E-state index in [2.05, 4.69) is 18.4 Å². The second-order valence-corrected chi connectivity index (χ2v) is 4.98. The van der Waals surface area contributed by atoms with Gasteiger partial charge in [-0.15, -0.1) is 23.1 Å². The minimum Gasteiger partial charge on any atom is -0.137 e. The third-order valence-corrected chi connectivity index (χ3v) is 4.28. The molecule has 0 bridgehead atoms. The molecule has 2 heteroatoms. The Kier molecular flexibility index (Phi) is 1.75. The summed E-state index contributed by atoms with van der Waals surface area (Å²) < 4.78 is 1.55. The average molecular weight is 170 g/mol. The van der Waals surface area contributed by atoms with Crippen molar-refractivity contribution in [2.45, 2.75) is 23.5 Å². The molecule has 10 heavy (non-hydrogen) atoms. The molecule has 0 fully saturated rings. The number of fused-ring (bicyclic) bond motifs is 1. The summed E-state index contributed by atoms with van der Waals surface area (Å²) in [6, 6.07) is 2.27. The molecule has 0 radical (unpaired) electrons. The van der Waals surface area contributed by atoms with E-state index >= 15 is 0 Å². The number of hydrogen-bond donors (Lipinski definition) is 0. The molecule has 1 unspecified atom stereocenters. The summed E-state index contributed by atoms with van der Waals surface area (Å²) in [5.41, 5.74) is 1.58. The molecule has 0 aromatic carbocycles. The Bertz CT molecular complexity index is 227. The molecule has 1 atom stereocenters. The van der Waals surface area contributed by atoms with E-state index in [4.69, 9.17) is 0 Å². The lowest BCUT2D eigenvalue weighted by Gasteiger charge is -2.16. The third kappa shape index (κ3) is 0.995. The van der Waals surface area contributed by atoms with Crippen molar-refractivity contribution in [3.8, 4) is 0 Å². The van der Waals surface area contributed by atoms with Crippen LogP contribution in [-0.2, 0) is 0 Å². The van der Waals surface area contributed by atoms with Crippen molar-refractivity contribution in [3.63, 3.8) is 0 Å². The van der Waals surface area contributed by atoms with Crippen molar-refractivity contribution in [2.75, 3.05) is 5.75 Å². The van der Waals surface area contributed by atoms with E-state index < -0.39 is 0 Å². The van der Waals surface area contributed by atoms with Crippen molar-refractivity contribution < 1.29 is 0 Å². The Morgan fingerprint density at radius 3 is 3.30 bits per heavy atom. The normalized spacial score (nSPS) is 24.3. The summed E-state index contributed by atoms with van der Waals surface area (Å²) in [6.45, 7) is 2.32. The monoisotopic (exact) mass is 170 g/mol. The summed E-state index contributed by atoms with van der Waals surface area (Å²) in [7, 11) is 0. The van der Waals surface area contributed by atoms with Crippen LogP contribution in [-0.4, -0.2) is 5.75 Å². The standard InChI is InChI=1S/C8H10S2/c1-6-2-4-9-8-7(6)3-5-10-8/h3,5-6H,2,4H2,1H3. The van der Waals surface area contributed by atoms with Gasteiger partial charge in [-0.3, -0.25) is 0 Å². The van der Waals surface area contributed by atoms with Crippen LogP contribution in [0.5, 0.6) is 0 Å². The second-order valence-electron chi connectivity index (χ2n) is 2.70. The highest BCUT2D eigenvalue weighted by Gasteiger charge is 2.16. The Morgan fingerprint density at radius 2 is 2.50 bits per heavy atom. The number of hydrogen-bond acceptors (Lipinski definition) is 2. The lowest BCUT2D eigenvalue weighted by Crippen LogP contribution is -1.99. The SMILES string of the molecule is CC1CCSc2sccc21. The zero-order valence-electron chi connectivity index (χ0n) is 5.96. The number of thiophene rings is 1. The fraction of sp³-hybridized carbons (Fsp3) is 0.500. The highest BCUT2D eigenvalue weighted by molar-refractivity contribution is 8.01. The lowest BCUT2D eigenvalue weighted by molar-refractivity contribution is 0.721. The van der Waals surface area contributed by atoms with E-state index in [1.807, 2.05) is 23.1 Å². The van der Waals surface area contributed by atoms with Crippen molar-refractivity contribution in [2.24, 2.45) is 0 Å². The zero-order chi connectivity index (χ0) is 6.97. The molecule has 0 amide bonds. The highest BCUT2D eigenvalue weighted by atomic mass is 32.2. The first kappa shape index (κ1) is 6.74. The molecule has 2 heterocycles. The molecule has 1 aromatic heterocycles. The second kappa shape index (κ2) is 2.59. The minimum absolute atomic E-state index is 0.808. The van der Waals surface area contributed by atoms with Crippen LogP contribution >= 0.6 is 23.1 Å². The van der Waals surface area contributed by atoms with Crippen LogP contribution in [0.3, 0.4) is 0 Å². The predicted octanol–water partition coefficient (Wildman–Crippen LogP) is 3.35. The fourth-order valence-electron chi connectivity index (χ4n) is 1.27. The molecular weight excluding hydrogens is 160 g/mol. The van der Waals surface area contributed by atoms with Crippen molar-refractivity contribution in [1.29, 1.82) is 0 Å². The van der Waals surface area contributed by atoms with Gasteiger partial charge in [-0.05, 0) is 35.1 Å². The van der Waals surface area contributed by atoms with Gasteiger partial charge in [-0.25, -0.2) is 0 Å². The van der Waals surface area contributed by atoms with E-state index in [1.165, 1.54) is 12.2 Å². The molecule has 0 N–H and O–H groups in total. The van der Waals surface area contributed by atoms with Crippen LogP contribution in [0.4, 0.5) is 0 Å². The van der Waals surface area contributed by atoms with Crippen LogP contribution in [0.1, 0.15) is 24.8 Å². The molecule has 0 spiro atoms. The van der Waals surface area contributed by atoms with E-state index in [9.17, 15) is 0 Å². The maximum atomic E-state index is 2.32. The number of thioether (sulfide) groups is 1. The van der Waals surface area contributed by atoms with Gasteiger partial charge in [0, 0.05) is 0 Å². The summed E-state index contributed by atoms with van der Waals surface area (Å²) in [5, 5.41) is 2.21. The van der Waals surface area contributed by atoms with E-state index in [1.54, 1.807) is 9.77 Å². The van der Waals surface area contributed by atoms with E-state index in [0.717, 1.165) is 5.92 Å². The van der Waals surface area contributed by atoms with Gasteiger partial charge in [0.2, 0.25) is 0 Å². The molecule has 2 rings (SSSR count). The Labute approximate surface area is 69.6 Å². The lowest BCUT2D eigenvalue weighted by atomic mass is 10.0. The van der Waals surface area contributed by atoms with E-state index in [0.29, 0.717) is 0 Å². The maximum absolute atomic E-state index is 2.32. The third-order valence-electron chi connectivity index (χ3n) is 1.97. The first-order valence-corrected chi connectivity index (χ1v) is 5.44. The molecular formula is C8H10S2. The van der Waals surface area contributed by atoms with Crippen LogP contribution in [0.2, 0.25) is 0 Å². The van der Waals surface area contributed by atoms with E-state index in [-0.39, 0.29) is 0 Å². The zero-order valence-corrected chi connectivity index (χ0v) is 7.60. The van der Waals surface area contributed by atoms with Gasteiger partial charge in [-0.2, -0.15) is 0 Å². The van der Waals surface area contributed by atoms with Crippen LogP contribution in [0, 0.1) is 0 Å². The highest BCUT2D eigenvalue weighted by Crippen LogP contribution is 2.40. The smallest absolute Gasteiger partial charge is 0.0633 e. The fourth-order valence-corrected chi connectivity index (χ4v) is 3.80. The quantitative estimate of drug-likeness (QED) is 0.575. The van der Waals surface area contributed by atoms with Gasteiger partial charge < -0.3 is 0 Å². The summed E-state index contributed by atoms with van der Waals surface area (Å²) in [4.78, 5) is 0. The molecule has 1 aromatic rings. The molecule has 0 nitrogen and oxygen atoms in total. The molecule has 0 aliphatic carbocycles. The Hall–Kier alpha value is 0.0500. The van der Waals surface area contributed by atoms with Crippen LogP contribution in [0.25, 0.3) is 0 Å². The Morgan fingerprint density at radius 1 is 1.60 bits per heavy atom. The molecule has 54 valence electrons. The first-order valence-electron chi connectivity index (χ1n) is 3.58. The molecule has 0 saturated heterocycles.